The van der Waals surface area contributed by atoms with Crippen LogP contribution in [0.3, 0.4) is 0 Å². The van der Waals surface area contributed by atoms with Gasteiger partial charge < -0.3 is 23.4 Å². The second-order valence-electron chi connectivity index (χ2n) is 5.44. The first-order valence-corrected chi connectivity index (χ1v) is 10.3. The number of ether oxygens (including phenoxy) is 4. The number of fused-ring (bicyclic) bond motifs is 1. The Labute approximate surface area is 168 Å². The Bertz CT molecular complexity index is 789. The predicted molar refractivity (Wildman–Crippen MR) is 108 cm³/mol. The van der Waals surface area contributed by atoms with E-state index in [4.69, 9.17) is 35.6 Å². The molecule has 0 saturated heterocycles. The molecule has 0 radical (unpaired) electrons. The minimum atomic E-state index is -0.202. The first kappa shape index (κ1) is 21.5. The summed E-state index contributed by atoms with van der Waals surface area (Å²) in [5.41, 5.74) is 0.640. The van der Waals surface area contributed by atoms with Crippen molar-refractivity contribution >= 4 is 40.9 Å². The molecule has 27 heavy (non-hydrogen) atoms. The van der Waals surface area contributed by atoms with Gasteiger partial charge in [0.05, 0.1) is 32.3 Å². The van der Waals surface area contributed by atoms with Crippen LogP contribution >= 0.6 is 24.0 Å². The van der Waals surface area contributed by atoms with Crippen molar-refractivity contribution in [2.45, 2.75) is 13.3 Å². The molecule has 0 aliphatic rings. The van der Waals surface area contributed by atoms with Gasteiger partial charge in [-0.2, -0.15) is 11.8 Å². The monoisotopic (exact) mass is 412 g/mol. The Morgan fingerprint density at radius 1 is 1.15 bits per heavy atom. The van der Waals surface area contributed by atoms with Crippen LogP contribution in [0, 0.1) is 4.71 Å². The smallest absolute Gasteiger partial charge is 0.305 e. The van der Waals surface area contributed by atoms with Crippen molar-refractivity contribution in [3.63, 3.8) is 0 Å². The first-order valence-electron chi connectivity index (χ1n) is 8.70. The van der Waals surface area contributed by atoms with Gasteiger partial charge in [0.1, 0.15) is 23.7 Å². The molecule has 0 fully saturated rings. The summed E-state index contributed by atoms with van der Waals surface area (Å²) in [7, 11) is 1.61. The number of esters is 1. The van der Waals surface area contributed by atoms with Crippen molar-refractivity contribution in [2.75, 3.05) is 45.0 Å². The highest BCUT2D eigenvalue weighted by Crippen LogP contribution is 2.29. The zero-order valence-corrected chi connectivity index (χ0v) is 17.2. The van der Waals surface area contributed by atoms with Crippen molar-refractivity contribution in [1.82, 2.24) is 0 Å². The number of benzene rings is 1. The summed E-state index contributed by atoms with van der Waals surface area (Å²) in [5.74, 6) is 2.88. The minimum absolute atomic E-state index is 0.202. The highest BCUT2D eigenvalue weighted by atomic mass is 32.2. The van der Waals surface area contributed by atoms with Crippen LogP contribution in [0.2, 0.25) is 0 Å². The van der Waals surface area contributed by atoms with Crippen LogP contribution in [-0.2, 0) is 14.3 Å². The van der Waals surface area contributed by atoms with Crippen LogP contribution < -0.4 is 9.47 Å². The molecule has 8 heteroatoms. The number of thioether (sulfide) groups is 1. The van der Waals surface area contributed by atoms with Gasteiger partial charge in [-0.15, -0.1) is 0 Å². The van der Waals surface area contributed by atoms with E-state index in [1.807, 2.05) is 12.1 Å². The predicted octanol–water partition coefficient (Wildman–Crippen LogP) is 4.25. The molecule has 1 heterocycles. The number of hydrogen-bond donors (Lipinski definition) is 0. The van der Waals surface area contributed by atoms with E-state index in [0.717, 1.165) is 16.9 Å². The van der Waals surface area contributed by atoms with Gasteiger partial charge in [-0.25, -0.2) is 0 Å². The summed E-state index contributed by atoms with van der Waals surface area (Å²) >= 11 is 6.89. The third-order valence-corrected chi connectivity index (χ3v) is 4.66. The second-order valence-corrected chi connectivity index (χ2v) is 7.07. The molecule has 6 nitrogen and oxygen atoms in total. The maximum Gasteiger partial charge on any atom is 0.305 e. The van der Waals surface area contributed by atoms with Crippen molar-refractivity contribution in [3.05, 3.63) is 29.0 Å². The highest BCUT2D eigenvalue weighted by Gasteiger charge is 2.07. The molecular weight excluding hydrogens is 388 g/mol. The maximum atomic E-state index is 11.0. The number of methoxy groups -OCH3 is 1. The van der Waals surface area contributed by atoms with Crippen LogP contribution in [0.25, 0.3) is 11.0 Å². The number of carbonyl (C=O) groups is 1. The van der Waals surface area contributed by atoms with E-state index in [-0.39, 0.29) is 5.97 Å². The lowest BCUT2D eigenvalue weighted by Gasteiger charge is -2.10. The molecule has 0 unspecified atom stereocenters. The van der Waals surface area contributed by atoms with E-state index in [0.29, 0.717) is 54.6 Å². The molecule has 1 aromatic carbocycles. The molecule has 1 aromatic heterocycles. The second kappa shape index (κ2) is 11.8. The minimum Gasteiger partial charge on any atom is -0.497 e. The Morgan fingerprint density at radius 2 is 1.96 bits per heavy atom. The van der Waals surface area contributed by atoms with E-state index < -0.39 is 0 Å². The maximum absolute atomic E-state index is 11.0. The molecule has 0 aliphatic carbocycles. The fourth-order valence-corrected chi connectivity index (χ4v) is 3.05. The van der Waals surface area contributed by atoms with E-state index >= 15 is 0 Å². The van der Waals surface area contributed by atoms with Gasteiger partial charge in [-0.1, -0.05) is 6.92 Å². The standard InChI is InChI=1S/C19H24O6S2/c1-3-18(20)24-7-6-22-8-10-27-11-9-23-16-13-19(26)25-17-12-14(21-2)4-5-15(16)17/h4-5,12-13H,3,6-11H2,1-2H3. The quantitative estimate of drug-likeness (QED) is 0.291. The Balaban J connectivity index is 1.67. The van der Waals surface area contributed by atoms with Gasteiger partial charge in [0.2, 0.25) is 0 Å². The molecule has 148 valence electrons. The first-order chi connectivity index (χ1) is 13.1. The molecule has 2 aromatic rings. The molecule has 0 amide bonds. The van der Waals surface area contributed by atoms with Gasteiger partial charge >= 0.3 is 5.97 Å². The van der Waals surface area contributed by atoms with Crippen LogP contribution in [-0.4, -0.2) is 51.0 Å². The zero-order valence-electron chi connectivity index (χ0n) is 15.5. The lowest BCUT2D eigenvalue weighted by Crippen LogP contribution is -2.11. The van der Waals surface area contributed by atoms with Crippen molar-refractivity contribution in [2.24, 2.45) is 0 Å². The summed E-state index contributed by atoms with van der Waals surface area (Å²) in [4.78, 5) is 11.0. The molecule has 0 saturated carbocycles. The molecule has 0 N–H and O–H groups in total. The SMILES string of the molecule is CCC(=O)OCCOCCSCCOc1cc(=S)oc2cc(OC)ccc12. The van der Waals surface area contributed by atoms with E-state index in [9.17, 15) is 4.79 Å². The molecule has 0 aliphatic heterocycles. The van der Waals surface area contributed by atoms with Crippen molar-refractivity contribution in [3.8, 4) is 11.5 Å². The van der Waals surface area contributed by atoms with Gasteiger partial charge in [0.15, 0.2) is 4.71 Å². The fraction of sp³-hybridized carbons (Fsp3) is 0.474. The molecule has 0 atom stereocenters. The summed E-state index contributed by atoms with van der Waals surface area (Å²) in [5, 5.41) is 0.861. The van der Waals surface area contributed by atoms with Crippen LogP contribution in [0.5, 0.6) is 11.5 Å². The Morgan fingerprint density at radius 3 is 2.74 bits per heavy atom. The van der Waals surface area contributed by atoms with Crippen molar-refractivity contribution < 1.29 is 28.2 Å². The lowest BCUT2D eigenvalue weighted by molar-refractivity contribution is -0.144. The third-order valence-electron chi connectivity index (χ3n) is 3.55. The van der Waals surface area contributed by atoms with E-state index in [1.54, 1.807) is 37.9 Å². The summed E-state index contributed by atoms with van der Waals surface area (Å²) in [6.45, 7) is 3.66. The number of hydrogen-bond acceptors (Lipinski definition) is 8. The average Bonchev–Trinajstić information content (AvgIpc) is 2.68. The van der Waals surface area contributed by atoms with Crippen LogP contribution in [0.15, 0.2) is 28.7 Å². The molecule has 2 rings (SSSR count). The molecule has 0 spiro atoms. The van der Waals surface area contributed by atoms with E-state index in [2.05, 4.69) is 0 Å². The summed E-state index contributed by atoms with van der Waals surface area (Å²) in [6.07, 6.45) is 0.390. The number of rotatable bonds is 12. The Kier molecular flexibility index (Phi) is 9.44. The van der Waals surface area contributed by atoms with Crippen LogP contribution in [0.4, 0.5) is 0 Å². The topological polar surface area (TPSA) is 67.1 Å². The molecular formula is C19H24O6S2. The van der Waals surface area contributed by atoms with Gasteiger partial charge in [-0.3, -0.25) is 4.79 Å². The summed E-state index contributed by atoms with van der Waals surface area (Å²) in [6, 6.07) is 7.27. The fourth-order valence-electron chi connectivity index (χ4n) is 2.21. The van der Waals surface area contributed by atoms with E-state index in [1.165, 1.54) is 0 Å². The highest BCUT2D eigenvalue weighted by molar-refractivity contribution is 7.99. The zero-order chi connectivity index (χ0) is 19.5. The molecule has 0 bridgehead atoms. The number of carbonyl (C=O) groups excluding carboxylic acids is 1. The van der Waals surface area contributed by atoms with Gasteiger partial charge in [-0.05, 0) is 24.4 Å². The van der Waals surface area contributed by atoms with Gasteiger partial charge in [0, 0.05) is 30.1 Å². The Hall–Kier alpha value is -1.77. The largest absolute Gasteiger partial charge is 0.497 e. The third kappa shape index (κ3) is 7.40. The average molecular weight is 413 g/mol. The van der Waals surface area contributed by atoms with Crippen molar-refractivity contribution in [1.29, 1.82) is 0 Å². The van der Waals surface area contributed by atoms with Crippen LogP contribution in [0.1, 0.15) is 13.3 Å². The lowest BCUT2D eigenvalue weighted by atomic mass is 10.2. The summed E-state index contributed by atoms with van der Waals surface area (Å²) < 4.78 is 27.3. The van der Waals surface area contributed by atoms with Gasteiger partial charge in [0.25, 0.3) is 0 Å². The normalized spacial score (nSPS) is 10.7.